The highest BCUT2D eigenvalue weighted by Crippen LogP contribution is 2.22. The van der Waals surface area contributed by atoms with Crippen LogP contribution in [0.25, 0.3) is 0 Å². The molecular weight excluding hydrogens is 242 g/mol. The molecule has 0 spiro atoms. The van der Waals surface area contributed by atoms with Crippen LogP contribution in [0.3, 0.4) is 0 Å². The van der Waals surface area contributed by atoms with Gasteiger partial charge in [0.1, 0.15) is 5.69 Å². The third-order valence-corrected chi connectivity index (χ3v) is 2.82. The van der Waals surface area contributed by atoms with Crippen molar-refractivity contribution in [1.29, 1.82) is 0 Å². The van der Waals surface area contributed by atoms with Crippen molar-refractivity contribution in [3.63, 3.8) is 0 Å². The van der Waals surface area contributed by atoms with Gasteiger partial charge >= 0.3 is 0 Å². The number of hydrogen-bond acceptors (Lipinski definition) is 3. The normalized spacial score (nSPS) is 10.3. The number of aromatic amines is 1. The zero-order valence-electron chi connectivity index (χ0n) is 11.1. The summed E-state index contributed by atoms with van der Waals surface area (Å²) in [5.41, 5.74) is 3.77. The van der Waals surface area contributed by atoms with E-state index in [1.54, 1.807) is 0 Å². The zero-order chi connectivity index (χ0) is 14.0. The van der Waals surface area contributed by atoms with Gasteiger partial charge in [-0.25, -0.2) is 4.98 Å². The summed E-state index contributed by atoms with van der Waals surface area (Å²) in [5.74, 6) is -0.341. The maximum Gasteiger partial charge on any atom is 0.275 e. The molecule has 0 bridgehead atoms. The first kappa shape index (κ1) is 13.0. The largest absolute Gasteiger partial charge is 0.325 e. The summed E-state index contributed by atoms with van der Waals surface area (Å²) in [6.07, 6.45) is 2.39. The van der Waals surface area contributed by atoms with Crippen molar-refractivity contribution in [2.45, 2.75) is 20.8 Å². The lowest BCUT2D eigenvalue weighted by Crippen LogP contribution is -2.18. The Bertz CT molecular complexity index is 646. The zero-order valence-corrected chi connectivity index (χ0v) is 11.1. The first-order valence-electron chi connectivity index (χ1n) is 5.91. The van der Waals surface area contributed by atoms with E-state index < -0.39 is 0 Å². The van der Waals surface area contributed by atoms with Crippen LogP contribution in [0.15, 0.2) is 29.3 Å². The molecule has 1 amide bonds. The van der Waals surface area contributed by atoms with Gasteiger partial charge in [0, 0.05) is 11.9 Å². The van der Waals surface area contributed by atoms with E-state index in [4.69, 9.17) is 0 Å². The van der Waals surface area contributed by atoms with Crippen LogP contribution in [0.1, 0.15) is 27.2 Å². The molecule has 2 aromatic rings. The number of hydrogen-bond donors (Lipinski definition) is 2. The number of H-pyrrole nitrogens is 1. The average molecular weight is 257 g/mol. The Balaban J connectivity index is 2.29. The van der Waals surface area contributed by atoms with Crippen LogP contribution in [0.2, 0.25) is 0 Å². The Labute approximate surface area is 110 Å². The van der Waals surface area contributed by atoms with Crippen LogP contribution in [0.4, 0.5) is 5.69 Å². The van der Waals surface area contributed by atoms with Crippen LogP contribution in [0, 0.1) is 20.8 Å². The second-order valence-corrected chi connectivity index (χ2v) is 4.52. The highest BCUT2D eigenvalue weighted by atomic mass is 16.2. The lowest BCUT2D eigenvalue weighted by atomic mass is 10.1. The topological polar surface area (TPSA) is 74.8 Å². The molecule has 0 atom stereocenters. The summed E-state index contributed by atoms with van der Waals surface area (Å²) in [7, 11) is 0. The SMILES string of the molecule is Cc1cc(C)c(NC(=O)c2c[nH]c(=O)cn2)c(C)c1. The first-order chi connectivity index (χ1) is 8.97. The van der Waals surface area contributed by atoms with Crippen LogP contribution < -0.4 is 10.9 Å². The number of aryl methyl sites for hydroxylation is 3. The molecule has 1 aromatic carbocycles. The molecule has 19 heavy (non-hydrogen) atoms. The molecule has 2 N–H and O–H groups in total. The number of rotatable bonds is 2. The third kappa shape index (κ3) is 2.88. The van der Waals surface area contributed by atoms with Gasteiger partial charge in [0.2, 0.25) is 0 Å². The fourth-order valence-electron chi connectivity index (χ4n) is 2.02. The van der Waals surface area contributed by atoms with E-state index >= 15 is 0 Å². The second kappa shape index (κ2) is 5.06. The molecule has 0 saturated heterocycles. The Morgan fingerprint density at radius 1 is 1.21 bits per heavy atom. The molecule has 0 radical (unpaired) electrons. The predicted molar refractivity (Wildman–Crippen MR) is 73.5 cm³/mol. The molecule has 1 heterocycles. The molecule has 98 valence electrons. The smallest absolute Gasteiger partial charge is 0.275 e. The van der Waals surface area contributed by atoms with Crippen LogP contribution >= 0.6 is 0 Å². The molecule has 0 aliphatic heterocycles. The van der Waals surface area contributed by atoms with Gasteiger partial charge in [0.25, 0.3) is 11.5 Å². The average Bonchev–Trinajstić information content (AvgIpc) is 2.34. The highest BCUT2D eigenvalue weighted by molar-refractivity contribution is 6.03. The van der Waals surface area contributed by atoms with E-state index in [9.17, 15) is 9.59 Å². The van der Waals surface area contributed by atoms with E-state index in [2.05, 4.69) is 15.3 Å². The van der Waals surface area contributed by atoms with Crippen molar-refractivity contribution in [2.75, 3.05) is 5.32 Å². The minimum atomic E-state index is -0.341. The van der Waals surface area contributed by atoms with Crippen molar-refractivity contribution in [1.82, 2.24) is 9.97 Å². The third-order valence-electron chi connectivity index (χ3n) is 2.82. The van der Waals surface area contributed by atoms with Gasteiger partial charge in [0.05, 0.1) is 6.20 Å². The lowest BCUT2D eigenvalue weighted by molar-refractivity contribution is 0.102. The lowest BCUT2D eigenvalue weighted by Gasteiger charge is -2.12. The summed E-state index contributed by atoms with van der Waals surface area (Å²) in [4.78, 5) is 29.1. The van der Waals surface area contributed by atoms with Crippen molar-refractivity contribution in [2.24, 2.45) is 0 Å². The minimum absolute atomic E-state index is 0.180. The Hall–Kier alpha value is -2.43. The highest BCUT2D eigenvalue weighted by Gasteiger charge is 2.11. The molecule has 0 unspecified atom stereocenters. The number of benzene rings is 1. The molecule has 1 aromatic heterocycles. The molecular formula is C14H15N3O2. The summed E-state index contributed by atoms with van der Waals surface area (Å²) in [5, 5.41) is 2.82. The molecule has 2 rings (SSSR count). The van der Waals surface area contributed by atoms with Gasteiger partial charge in [-0.05, 0) is 31.9 Å². The fourth-order valence-corrected chi connectivity index (χ4v) is 2.02. The number of nitrogens with zero attached hydrogens (tertiary/aromatic N) is 1. The first-order valence-corrected chi connectivity index (χ1v) is 5.91. The van der Waals surface area contributed by atoms with Gasteiger partial charge in [-0.15, -0.1) is 0 Å². The van der Waals surface area contributed by atoms with Crippen molar-refractivity contribution in [3.8, 4) is 0 Å². The predicted octanol–water partition coefficient (Wildman–Crippen LogP) is 1.95. The van der Waals surface area contributed by atoms with Crippen molar-refractivity contribution >= 4 is 11.6 Å². The van der Waals surface area contributed by atoms with Gasteiger partial charge in [-0.1, -0.05) is 17.7 Å². The maximum absolute atomic E-state index is 12.0. The summed E-state index contributed by atoms with van der Waals surface area (Å²) in [6.45, 7) is 5.89. The molecule has 0 aliphatic carbocycles. The number of carbonyl (C=O) groups excluding carboxylic acids is 1. The molecule has 0 aliphatic rings. The van der Waals surface area contributed by atoms with E-state index in [1.165, 1.54) is 6.20 Å². The number of aromatic nitrogens is 2. The quantitative estimate of drug-likeness (QED) is 0.863. The Morgan fingerprint density at radius 2 is 1.84 bits per heavy atom. The van der Waals surface area contributed by atoms with Crippen molar-refractivity contribution in [3.05, 3.63) is 57.3 Å². The molecule has 0 saturated carbocycles. The minimum Gasteiger partial charge on any atom is -0.325 e. The fraction of sp³-hybridized carbons (Fsp3) is 0.214. The number of anilines is 1. The molecule has 5 heteroatoms. The summed E-state index contributed by atoms with van der Waals surface area (Å²) >= 11 is 0. The van der Waals surface area contributed by atoms with Gasteiger partial charge in [-0.2, -0.15) is 0 Å². The van der Waals surface area contributed by atoms with E-state index in [0.29, 0.717) is 0 Å². The van der Waals surface area contributed by atoms with Crippen LogP contribution in [-0.2, 0) is 0 Å². The van der Waals surface area contributed by atoms with E-state index in [1.807, 2.05) is 32.9 Å². The summed E-state index contributed by atoms with van der Waals surface area (Å²) < 4.78 is 0. The number of nitrogens with one attached hydrogen (secondary N) is 2. The summed E-state index contributed by atoms with van der Waals surface area (Å²) in [6, 6.07) is 4.01. The molecule has 5 nitrogen and oxygen atoms in total. The van der Waals surface area contributed by atoms with Crippen LogP contribution in [0.5, 0.6) is 0 Å². The van der Waals surface area contributed by atoms with Gasteiger partial charge < -0.3 is 10.3 Å². The second-order valence-electron chi connectivity index (χ2n) is 4.52. The maximum atomic E-state index is 12.0. The van der Waals surface area contributed by atoms with Gasteiger partial charge in [-0.3, -0.25) is 9.59 Å². The Morgan fingerprint density at radius 3 is 2.37 bits per heavy atom. The number of carbonyl (C=O) groups is 1. The van der Waals surface area contributed by atoms with Crippen LogP contribution in [-0.4, -0.2) is 15.9 Å². The molecule has 0 fully saturated rings. The van der Waals surface area contributed by atoms with E-state index in [0.717, 1.165) is 28.6 Å². The Kier molecular flexibility index (Phi) is 3.46. The standard InChI is InChI=1S/C14H15N3O2/c1-8-4-9(2)13(10(3)5-8)17-14(19)11-6-16-12(18)7-15-11/h4-7H,1-3H3,(H,16,18)(H,17,19). The van der Waals surface area contributed by atoms with Crippen molar-refractivity contribution < 1.29 is 4.79 Å². The number of amides is 1. The van der Waals surface area contributed by atoms with Gasteiger partial charge in [0.15, 0.2) is 0 Å². The monoisotopic (exact) mass is 257 g/mol. The van der Waals surface area contributed by atoms with E-state index in [-0.39, 0.29) is 17.2 Å².